The number of halogens is 1. The first-order valence-electron chi connectivity index (χ1n) is 17.2. The molecule has 2 N–H and O–H groups in total. The fraction of sp³-hybridized carbons (Fsp3) is 0.595. The predicted molar refractivity (Wildman–Crippen MR) is 180 cm³/mol. The quantitative estimate of drug-likeness (QED) is 0.343. The van der Waals surface area contributed by atoms with Crippen LogP contribution in [0.4, 0.5) is 5.69 Å². The molecular weight excluding hydrogens is 604 g/mol. The molecular formula is C37H47ClN2O4S. The van der Waals surface area contributed by atoms with Crippen molar-refractivity contribution in [2.45, 2.75) is 101 Å². The van der Waals surface area contributed by atoms with Crippen molar-refractivity contribution in [3.05, 3.63) is 75.8 Å². The number of benzene rings is 2. The Labute approximate surface area is 273 Å². The van der Waals surface area contributed by atoms with Gasteiger partial charge in [0.15, 0.2) is 0 Å². The molecule has 0 saturated heterocycles. The third-order valence-corrected chi connectivity index (χ3v) is 14.2. The first kappa shape index (κ1) is 31.3. The molecule has 2 fully saturated rings. The van der Waals surface area contributed by atoms with E-state index in [-0.39, 0.29) is 17.3 Å². The molecule has 0 radical (unpaired) electrons. The number of carbonyl (C=O) groups excluding carboxylic acids is 1. The van der Waals surface area contributed by atoms with Gasteiger partial charge in [0.2, 0.25) is 10.0 Å². The standard InChI is InChI=1S/C37H47ClN2O4S/c1-24-5-2-9-34(41)31-14-12-29(31)22-40-23-37(17-4-8-27-20-30(38)13-15-32(27)37)18-16-26-10-11-28(21-33(26)40)36(42)39-45(43,44)35(24)19-25-6-3-7-25/h2,9-11,13,15,20-21,24-25,29,31,34-35,41H,3-8,12,14,16-19,22-23H2,1H3,(H,39,42)/b9-2+/t24-,29+,31-,34+,35+,37-/m1/s1. The smallest absolute Gasteiger partial charge is 0.264 e. The topological polar surface area (TPSA) is 86.7 Å². The van der Waals surface area contributed by atoms with E-state index in [1.165, 1.54) is 16.7 Å². The van der Waals surface area contributed by atoms with Crippen LogP contribution in [0.2, 0.25) is 5.02 Å². The van der Waals surface area contributed by atoms with Crippen molar-refractivity contribution in [3.63, 3.8) is 0 Å². The SMILES string of the molecule is C[C@@H]1C/C=C/[C@H](O)[C@@H]2CC[C@H]2CN2C[C@@]3(CCCc4cc(Cl)ccc43)CCc3ccc(cc32)C(=O)NS(=O)(=O)[C@H]1CC1CCC1. The van der Waals surface area contributed by atoms with E-state index in [1.807, 2.05) is 37.3 Å². The first-order chi connectivity index (χ1) is 21.6. The summed E-state index contributed by atoms with van der Waals surface area (Å²) >= 11 is 6.44. The lowest BCUT2D eigenvalue weighted by Crippen LogP contribution is -2.48. The number of amides is 1. The lowest BCUT2D eigenvalue weighted by Gasteiger charge is -2.46. The van der Waals surface area contributed by atoms with Crippen LogP contribution in [0.15, 0.2) is 48.6 Å². The number of rotatable bonds is 2. The van der Waals surface area contributed by atoms with Crippen LogP contribution >= 0.6 is 11.6 Å². The van der Waals surface area contributed by atoms with Gasteiger partial charge >= 0.3 is 0 Å². The van der Waals surface area contributed by atoms with Crippen LogP contribution in [0.5, 0.6) is 0 Å². The molecule has 7 rings (SSSR count). The highest BCUT2D eigenvalue weighted by Gasteiger charge is 2.43. The summed E-state index contributed by atoms with van der Waals surface area (Å²) in [7, 11) is -3.91. The molecule has 2 aromatic rings. The monoisotopic (exact) mass is 650 g/mol. The number of hydrogen-bond acceptors (Lipinski definition) is 5. The van der Waals surface area contributed by atoms with E-state index in [9.17, 15) is 18.3 Å². The van der Waals surface area contributed by atoms with Crippen LogP contribution in [-0.2, 0) is 28.3 Å². The number of sulfonamides is 1. The zero-order chi connectivity index (χ0) is 31.3. The Morgan fingerprint density at radius 1 is 1.02 bits per heavy atom. The summed E-state index contributed by atoms with van der Waals surface area (Å²) in [6.45, 7) is 3.59. The summed E-state index contributed by atoms with van der Waals surface area (Å²) in [6.07, 6.45) is 14.9. The van der Waals surface area contributed by atoms with E-state index in [1.54, 1.807) is 6.07 Å². The Bertz CT molecular complexity index is 1590. The number of hydrogen-bond donors (Lipinski definition) is 2. The second kappa shape index (κ2) is 12.4. The number of aryl methyl sites for hydroxylation is 2. The minimum Gasteiger partial charge on any atom is -0.389 e. The molecule has 6 nitrogen and oxygen atoms in total. The lowest BCUT2D eigenvalue weighted by atomic mass is 9.66. The second-order valence-corrected chi connectivity index (χ2v) is 17.2. The summed E-state index contributed by atoms with van der Waals surface area (Å²) in [5, 5.41) is 11.4. The van der Waals surface area contributed by atoms with Gasteiger partial charge < -0.3 is 10.0 Å². The minimum absolute atomic E-state index is 0.0353. The fourth-order valence-electron chi connectivity index (χ4n) is 9.01. The molecule has 0 unspecified atom stereocenters. The van der Waals surface area contributed by atoms with Crippen molar-refractivity contribution < 1.29 is 18.3 Å². The fourth-order valence-corrected chi connectivity index (χ4v) is 11.0. The number of allylic oxidation sites excluding steroid dienone is 1. The van der Waals surface area contributed by atoms with E-state index in [4.69, 9.17) is 11.6 Å². The number of nitrogens with zero attached hydrogens (tertiary/aromatic N) is 1. The van der Waals surface area contributed by atoms with Crippen molar-refractivity contribution >= 4 is 33.2 Å². The average molecular weight is 651 g/mol. The van der Waals surface area contributed by atoms with Crippen LogP contribution in [0, 0.1) is 23.7 Å². The largest absolute Gasteiger partial charge is 0.389 e. The van der Waals surface area contributed by atoms with Gasteiger partial charge in [-0.05, 0) is 122 Å². The molecule has 5 aliphatic rings. The van der Waals surface area contributed by atoms with E-state index in [0.29, 0.717) is 30.2 Å². The molecule has 3 aliphatic carbocycles. The molecule has 6 atom stereocenters. The van der Waals surface area contributed by atoms with Crippen LogP contribution in [0.25, 0.3) is 0 Å². The van der Waals surface area contributed by atoms with Crippen molar-refractivity contribution in [3.8, 4) is 0 Å². The average Bonchev–Trinajstić information content (AvgIpc) is 3.10. The Morgan fingerprint density at radius 3 is 2.62 bits per heavy atom. The number of carbonyl (C=O) groups is 1. The van der Waals surface area contributed by atoms with Gasteiger partial charge in [-0.3, -0.25) is 4.79 Å². The van der Waals surface area contributed by atoms with Gasteiger partial charge in [0, 0.05) is 34.8 Å². The van der Waals surface area contributed by atoms with Gasteiger partial charge in [0.1, 0.15) is 0 Å². The van der Waals surface area contributed by atoms with Crippen LogP contribution in [0.1, 0.15) is 98.2 Å². The second-order valence-electron chi connectivity index (χ2n) is 14.8. The Morgan fingerprint density at radius 2 is 1.87 bits per heavy atom. The minimum atomic E-state index is -3.91. The van der Waals surface area contributed by atoms with Crippen molar-refractivity contribution in [1.29, 1.82) is 0 Å². The number of nitrogens with one attached hydrogen (secondary N) is 1. The normalized spacial score (nSPS) is 34.0. The highest BCUT2D eigenvalue weighted by molar-refractivity contribution is 7.90. The third kappa shape index (κ3) is 6.09. The van der Waals surface area contributed by atoms with E-state index < -0.39 is 27.3 Å². The van der Waals surface area contributed by atoms with Gasteiger partial charge in [-0.15, -0.1) is 0 Å². The lowest BCUT2D eigenvalue weighted by molar-refractivity contribution is 0.0456. The predicted octanol–water partition coefficient (Wildman–Crippen LogP) is 6.97. The van der Waals surface area contributed by atoms with Gasteiger partial charge in [-0.1, -0.05) is 62.1 Å². The van der Waals surface area contributed by atoms with E-state index >= 15 is 0 Å². The molecule has 2 heterocycles. The molecule has 2 aromatic carbocycles. The van der Waals surface area contributed by atoms with Crippen molar-refractivity contribution in [1.82, 2.24) is 4.72 Å². The summed E-state index contributed by atoms with van der Waals surface area (Å²) < 4.78 is 30.2. The zero-order valence-electron chi connectivity index (χ0n) is 26.4. The maximum absolute atomic E-state index is 13.8. The number of aliphatic hydroxyl groups is 1. The highest BCUT2D eigenvalue weighted by Crippen LogP contribution is 2.47. The molecule has 2 saturated carbocycles. The Balaban J connectivity index is 1.27. The number of anilines is 1. The van der Waals surface area contributed by atoms with Crippen LogP contribution < -0.4 is 9.62 Å². The van der Waals surface area contributed by atoms with Crippen LogP contribution in [-0.4, -0.2) is 43.9 Å². The summed E-state index contributed by atoms with van der Waals surface area (Å²) in [5.74, 6) is 0.187. The van der Waals surface area contributed by atoms with Crippen LogP contribution in [0.3, 0.4) is 0 Å². The van der Waals surface area contributed by atoms with Crippen molar-refractivity contribution in [2.24, 2.45) is 23.7 Å². The first-order valence-corrected chi connectivity index (χ1v) is 19.1. The maximum Gasteiger partial charge on any atom is 0.264 e. The molecule has 2 bridgehead atoms. The number of aliphatic hydroxyl groups excluding tert-OH is 1. The van der Waals surface area contributed by atoms with Gasteiger partial charge in [0.25, 0.3) is 5.91 Å². The van der Waals surface area contributed by atoms with Gasteiger partial charge in [-0.2, -0.15) is 0 Å². The van der Waals surface area contributed by atoms with E-state index in [0.717, 1.165) is 88.0 Å². The Kier molecular flexibility index (Phi) is 8.58. The van der Waals surface area contributed by atoms with Crippen molar-refractivity contribution in [2.75, 3.05) is 18.0 Å². The summed E-state index contributed by atoms with van der Waals surface area (Å²) in [6, 6.07) is 12.2. The molecule has 1 amide bonds. The molecule has 1 spiro atoms. The third-order valence-electron chi connectivity index (χ3n) is 12.1. The summed E-state index contributed by atoms with van der Waals surface area (Å²) in [4.78, 5) is 16.2. The van der Waals surface area contributed by atoms with Gasteiger partial charge in [-0.25, -0.2) is 13.1 Å². The van der Waals surface area contributed by atoms with Gasteiger partial charge in [0.05, 0.1) is 11.4 Å². The van der Waals surface area contributed by atoms with E-state index in [2.05, 4.69) is 21.8 Å². The maximum atomic E-state index is 13.8. The summed E-state index contributed by atoms with van der Waals surface area (Å²) in [5.41, 5.74) is 5.31. The molecule has 242 valence electrons. The molecule has 0 aromatic heterocycles. The number of fused-ring (bicyclic) bond motifs is 4. The Hall–Kier alpha value is -2.35. The molecule has 45 heavy (non-hydrogen) atoms. The highest BCUT2D eigenvalue weighted by atomic mass is 35.5. The molecule has 8 heteroatoms. The zero-order valence-corrected chi connectivity index (χ0v) is 28.0. The molecule has 2 aliphatic heterocycles.